The molecule has 0 saturated heterocycles. The van der Waals surface area contributed by atoms with Crippen molar-refractivity contribution >= 4 is 18.0 Å². The molecule has 2 rings (SSSR count). The van der Waals surface area contributed by atoms with Crippen LogP contribution in [0.25, 0.3) is 0 Å². The van der Waals surface area contributed by atoms with Gasteiger partial charge in [0, 0.05) is 13.1 Å². The molecule has 0 fully saturated rings. The van der Waals surface area contributed by atoms with Crippen molar-refractivity contribution in [1.82, 2.24) is 4.90 Å². The molecule has 0 saturated carbocycles. The largest absolute Gasteiger partial charge is 0.465 e. The minimum absolute atomic E-state index is 0.120. The summed E-state index contributed by atoms with van der Waals surface area (Å²) in [4.78, 5) is 37.6. The highest BCUT2D eigenvalue weighted by Crippen LogP contribution is 2.28. The standard InChI is InChI=1S/C17H21NO6/c1-17(2,3)24-16(21)18-8-10-6-12(14(19)22-4)13(15(20)23-5)7-11(10)9-18/h6-7H,8-9H2,1-5H3. The fourth-order valence-electron chi connectivity index (χ4n) is 2.46. The minimum atomic E-state index is -0.631. The number of amides is 1. The predicted molar refractivity (Wildman–Crippen MR) is 84.6 cm³/mol. The lowest BCUT2D eigenvalue weighted by molar-refractivity contribution is 0.0241. The van der Waals surface area contributed by atoms with Gasteiger partial charge in [-0.1, -0.05) is 0 Å². The highest BCUT2D eigenvalue weighted by Gasteiger charge is 2.30. The first kappa shape index (κ1) is 17.8. The SMILES string of the molecule is COC(=O)c1cc2c(cc1C(=O)OC)CN(C(=O)OC(C)(C)C)C2. The lowest BCUT2D eigenvalue weighted by Crippen LogP contribution is -2.33. The van der Waals surface area contributed by atoms with Crippen LogP contribution in [-0.2, 0) is 27.3 Å². The molecule has 0 bridgehead atoms. The van der Waals surface area contributed by atoms with E-state index >= 15 is 0 Å². The van der Waals surface area contributed by atoms with E-state index in [1.165, 1.54) is 19.1 Å². The van der Waals surface area contributed by atoms with Crippen molar-refractivity contribution < 1.29 is 28.6 Å². The molecule has 1 amide bonds. The van der Waals surface area contributed by atoms with Gasteiger partial charge in [0.15, 0.2) is 0 Å². The maximum absolute atomic E-state index is 12.2. The van der Waals surface area contributed by atoms with Crippen LogP contribution >= 0.6 is 0 Å². The third-order valence-electron chi connectivity index (χ3n) is 3.52. The summed E-state index contributed by atoms with van der Waals surface area (Å²) in [5.74, 6) is -1.26. The molecule has 1 aromatic rings. The average molecular weight is 335 g/mol. The van der Waals surface area contributed by atoms with Gasteiger partial charge in [-0.15, -0.1) is 0 Å². The number of methoxy groups -OCH3 is 2. The van der Waals surface area contributed by atoms with E-state index in [2.05, 4.69) is 0 Å². The van der Waals surface area contributed by atoms with Gasteiger partial charge in [-0.05, 0) is 44.0 Å². The Bertz CT molecular complexity index is 644. The van der Waals surface area contributed by atoms with Crippen LogP contribution in [0.15, 0.2) is 12.1 Å². The van der Waals surface area contributed by atoms with E-state index in [0.29, 0.717) is 13.1 Å². The number of hydrogen-bond acceptors (Lipinski definition) is 6. The monoisotopic (exact) mass is 335 g/mol. The number of esters is 2. The molecule has 1 aromatic carbocycles. The first-order chi connectivity index (χ1) is 11.2. The van der Waals surface area contributed by atoms with Crippen LogP contribution in [0.1, 0.15) is 52.6 Å². The molecule has 0 spiro atoms. The van der Waals surface area contributed by atoms with Gasteiger partial charge in [0.05, 0.1) is 25.3 Å². The van der Waals surface area contributed by atoms with Crippen molar-refractivity contribution in [3.63, 3.8) is 0 Å². The lowest BCUT2D eigenvalue weighted by Gasteiger charge is -2.24. The summed E-state index contributed by atoms with van der Waals surface area (Å²) < 4.78 is 14.8. The van der Waals surface area contributed by atoms with Crippen LogP contribution < -0.4 is 0 Å². The van der Waals surface area contributed by atoms with E-state index in [9.17, 15) is 14.4 Å². The van der Waals surface area contributed by atoms with Gasteiger partial charge in [0.25, 0.3) is 0 Å². The molecule has 1 aliphatic heterocycles. The lowest BCUT2D eigenvalue weighted by atomic mass is 10.00. The molecule has 0 unspecified atom stereocenters. The third kappa shape index (κ3) is 3.67. The summed E-state index contributed by atoms with van der Waals surface area (Å²) in [5, 5.41) is 0. The van der Waals surface area contributed by atoms with Crippen LogP contribution in [0.2, 0.25) is 0 Å². The average Bonchev–Trinajstić information content (AvgIpc) is 2.93. The van der Waals surface area contributed by atoms with E-state index in [4.69, 9.17) is 14.2 Å². The summed E-state index contributed by atoms with van der Waals surface area (Å²) in [5.41, 5.74) is 1.19. The second-order valence-electron chi connectivity index (χ2n) is 6.49. The van der Waals surface area contributed by atoms with E-state index < -0.39 is 23.6 Å². The molecule has 0 aromatic heterocycles. The highest BCUT2D eigenvalue weighted by atomic mass is 16.6. The Morgan fingerprint density at radius 3 is 1.67 bits per heavy atom. The summed E-state index contributed by atoms with van der Waals surface area (Å²) in [6, 6.07) is 3.13. The molecular formula is C17H21NO6. The summed E-state index contributed by atoms with van der Waals surface area (Å²) >= 11 is 0. The molecule has 0 radical (unpaired) electrons. The van der Waals surface area contributed by atoms with Crippen molar-refractivity contribution in [1.29, 1.82) is 0 Å². The van der Waals surface area contributed by atoms with Crippen LogP contribution in [0.5, 0.6) is 0 Å². The smallest absolute Gasteiger partial charge is 0.410 e. The quantitative estimate of drug-likeness (QED) is 0.610. The molecule has 24 heavy (non-hydrogen) atoms. The zero-order valence-corrected chi connectivity index (χ0v) is 14.5. The van der Waals surface area contributed by atoms with Gasteiger partial charge in [-0.2, -0.15) is 0 Å². The molecular weight excluding hydrogens is 314 g/mol. The fraction of sp³-hybridized carbons (Fsp3) is 0.471. The first-order valence-corrected chi connectivity index (χ1v) is 7.46. The summed E-state index contributed by atoms with van der Waals surface area (Å²) in [6.45, 7) is 5.97. The maximum Gasteiger partial charge on any atom is 0.410 e. The van der Waals surface area contributed by atoms with Crippen LogP contribution in [0, 0.1) is 0 Å². The Labute approximate surface area is 140 Å². The van der Waals surface area contributed by atoms with Crippen LogP contribution in [0.3, 0.4) is 0 Å². The molecule has 0 atom stereocenters. The van der Waals surface area contributed by atoms with Crippen molar-refractivity contribution in [2.24, 2.45) is 0 Å². The van der Waals surface area contributed by atoms with E-state index in [1.54, 1.807) is 32.9 Å². The van der Waals surface area contributed by atoms with Gasteiger partial charge in [0.1, 0.15) is 5.60 Å². The first-order valence-electron chi connectivity index (χ1n) is 7.46. The second kappa shape index (κ2) is 6.51. The Hall–Kier alpha value is -2.57. The van der Waals surface area contributed by atoms with E-state index in [0.717, 1.165) is 11.1 Å². The second-order valence-corrected chi connectivity index (χ2v) is 6.49. The van der Waals surface area contributed by atoms with E-state index in [1.807, 2.05) is 0 Å². The van der Waals surface area contributed by atoms with Gasteiger partial charge in [-0.25, -0.2) is 14.4 Å². The Kier molecular flexibility index (Phi) is 4.82. The Morgan fingerprint density at radius 1 is 0.917 bits per heavy atom. The predicted octanol–water partition coefficient (Wildman–Crippen LogP) is 2.51. The fourth-order valence-corrected chi connectivity index (χ4v) is 2.46. The maximum atomic E-state index is 12.2. The molecule has 1 heterocycles. The summed E-state index contributed by atoms with van der Waals surface area (Å²) in [6.07, 6.45) is -0.446. The van der Waals surface area contributed by atoms with Gasteiger partial charge in [0.2, 0.25) is 0 Å². The number of fused-ring (bicyclic) bond motifs is 1. The normalized spacial score (nSPS) is 13.3. The van der Waals surface area contributed by atoms with Crippen LogP contribution in [0.4, 0.5) is 4.79 Å². The number of nitrogens with zero attached hydrogens (tertiary/aromatic N) is 1. The van der Waals surface area contributed by atoms with Gasteiger partial charge in [-0.3, -0.25) is 4.90 Å². The number of ether oxygens (including phenoxy) is 3. The molecule has 0 N–H and O–H groups in total. The molecule has 7 heteroatoms. The molecule has 1 aliphatic rings. The topological polar surface area (TPSA) is 82.1 Å². The summed E-state index contributed by atoms with van der Waals surface area (Å²) in [7, 11) is 2.48. The molecule has 7 nitrogen and oxygen atoms in total. The molecule has 130 valence electrons. The number of benzene rings is 1. The van der Waals surface area contributed by atoms with Crippen molar-refractivity contribution in [3.8, 4) is 0 Å². The number of rotatable bonds is 2. The number of carbonyl (C=O) groups is 3. The zero-order valence-electron chi connectivity index (χ0n) is 14.5. The molecule has 0 aliphatic carbocycles. The Morgan fingerprint density at radius 2 is 1.33 bits per heavy atom. The third-order valence-corrected chi connectivity index (χ3v) is 3.52. The van der Waals surface area contributed by atoms with E-state index in [-0.39, 0.29) is 11.1 Å². The number of hydrogen-bond donors (Lipinski definition) is 0. The number of carbonyl (C=O) groups excluding carboxylic acids is 3. The Balaban J connectivity index is 2.33. The minimum Gasteiger partial charge on any atom is -0.465 e. The van der Waals surface area contributed by atoms with Crippen LogP contribution in [-0.4, -0.2) is 42.8 Å². The van der Waals surface area contributed by atoms with Gasteiger partial charge < -0.3 is 14.2 Å². The van der Waals surface area contributed by atoms with Gasteiger partial charge >= 0.3 is 18.0 Å². The zero-order chi connectivity index (χ0) is 18.1. The van der Waals surface area contributed by atoms with Crippen molar-refractivity contribution in [2.45, 2.75) is 39.5 Å². The van der Waals surface area contributed by atoms with Crippen molar-refractivity contribution in [2.75, 3.05) is 14.2 Å². The van der Waals surface area contributed by atoms with Crippen molar-refractivity contribution in [3.05, 3.63) is 34.4 Å². The highest BCUT2D eigenvalue weighted by molar-refractivity contribution is 6.03.